The molecule has 178 valence electrons. The Balaban J connectivity index is 1.45. The molecule has 1 aliphatic rings. The van der Waals surface area contributed by atoms with E-state index in [1.54, 1.807) is 6.21 Å². The van der Waals surface area contributed by atoms with E-state index in [-0.39, 0.29) is 18.4 Å². The summed E-state index contributed by atoms with van der Waals surface area (Å²) in [6.45, 7) is 8.68. The summed E-state index contributed by atoms with van der Waals surface area (Å²) in [5, 5.41) is 5.15. The lowest BCUT2D eigenvalue weighted by atomic mass is 10.2. The lowest BCUT2D eigenvalue weighted by Gasteiger charge is -2.27. The first-order valence-electron chi connectivity index (χ1n) is 11.7. The number of amides is 2. The van der Waals surface area contributed by atoms with E-state index in [0.29, 0.717) is 31.9 Å². The fourth-order valence-corrected chi connectivity index (χ4v) is 4.20. The van der Waals surface area contributed by atoms with E-state index in [2.05, 4.69) is 29.3 Å². The first-order chi connectivity index (χ1) is 16.6. The van der Waals surface area contributed by atoms with Gasteiger partial charge < -0.3 is 19.1 Å². The maximum absolute atomic E-state index is 12.7. The van der Waals surface area contributed by atoms with Crippen LogP contribution in [0.1, 0.15) is 29.8 Å². The molecule has 2 amide bonds. The van der Waals surface area contributed by atoms with Crippen LogP contribution in [0.3, 0.4) is 0 Å². The number of aromatic nitrogens is 1. The number of rotatable bonds is 8. The van der Waals surface area contributed by atoms with Gasteiger partial charge in [0, 0.05) is 60.1 Å². The summed E-state index contributed by atoms with van der Waals surface area (Å²) in [5.41, 5.74) is 6.03. The van der Waals surface area contributed by atoms with Gasteiger partial charge in [0.1, 0.15) is 6.54 Å². The van der Waals surface area contributed by atoms with Crippen molar-refractivity contribution in [3.05, 3.63) is 65.9 Å². The zero-order valence-electron chi connectivity index (χ0n) is 19.7. The second kappa shape index (κ2) is 11.0. The van der Waals surface area contributed by atoms with Crippen LogP contribution in [0, 0.1) is 0 Å². The van der Waals surface area contributed by atoms with E-state index in [1.165, 1.54) is 0 Å². The minimum atomic E-state index is -0.270. The van der Waals surface area contributed by atoms with Crippen molar-refractivity contribution in [2.24, 2.45) is 5.10 Å². The van der Waals surface area contributed by atoms with Gasteiger partial charge in [-0.3, -0.25) is 9.59 Å². The zero-order chi connectivity index (χ0) is 23.9. The highest BCUT2D eigenvalue weighted by Gasteiger charge is 2.18. The van der Waals surface area contributed by atoms with Gasteiger partial charge in [-0.2, -0.15) is 5.10 Å². The average Bonchev–Trinajstić information content (AvgIpc) is 3.23. The van der Waals surface area contributed by atoms with Crippen LogP contribution in [0.2, 0.25) is 0 Å². The van der Waals surface area contributed by atoms with Crippen molar-refractivity contribution in [3.63, 3.8) is 0 Å². The number of nitrogens with zero attached hydrogens (tertiary/aromatic N) is 4. The number of para-hydroxylation sites is 1. The Labute approximate surface area is 199 Å². The number of anilines is 1. The van der Waals surface area contributed by atoms with Crippen molar-refractivity contribution >= 4 is 34.6 Å². The van der Waals surface area contributed by atoms with Gasteiger partial charge in [-0.15, -0.1) is 0 Å². The van der Waals surface area contributed by atoms with Crippen LogP contribution in [-0.4, -0.2) is 66.9 Å². The molecule has 1 N–H and O–H groups in total. The predicted molar refractivity (Wildman–Crippen MR) is 134 cm³/mol. The number of morpholine rings is 1. The van der Waals surface area contributed by atoms with Gasteiger partial charge in [0.2, 0.25) is 5.91 Å². The Kier molecular flexibility index (Phi) is 7.59. The molecule has 0 radical (unpaired) electrons. The maximum atomic E-state index is 12.7. The molecule has 34 heavy (non-hydrogen) atoms. The molecule has 2 aromatic carbocycles. The number of fused-ring (bicyclic) bond motifs is 1. The molecule has 0 unspecified atom stereocenters. The molecule has 1 fully saturated rings. The Hall–Kier alpha value is -3.65. The van der Waals surface area contributed by atoms with E-state index in [0.717, 1.165) is 35.2 Å². The number of ether oxygens (including phenoxy) is 1. The molecular formula is C26H31N5O3. The molecule has 3 aromatic rings. The summed E-state index contributed by atoms with van der Waals surface area (Å²) >= 11 is 0. The Bertz CT molecular complexity index is 1160. The van der Waals surface area contributed by atoms with Crippen LogP contribution in [0.4, 0.5) is 5.69 Å². The third-order valence-corrected chi connectivity index (χ3v) is 6.12. The quantitative estimate of drug-likeness (QED) is 0.413. The van der Waals surface area contributed by atoms with Gasteiger partial charge in [-0.05, 0) is 44.2 Å². The molecule has 8 heteroatoms. The molecule has 1 aliphatic heterocycles. The third-order valence-electron chi connectivity index (χ3n) is 6.12. The molecule has 0 spiro atoms. The number of hydrogen-bond acceptors (Lipinski definition) is 5. The SMILES string of the molecule is CCN(CC)c1ccc(C(=O)N/N=C\c2cn(CC(=O)N3CCOCC3)c3ccccc23)cc1. The van der Waals surface area contributed by atoms with Gasteiger partial charge in [-0.25, -0.2) is 5.43 Å². The van der Waals surface area contributed by atoms with Crippen LogP contribution >= 0.6 is 0 Å². The normalized spacial score (nSPS) is 14.0. The number of carbonyl (C=O) groups is 2. The fraction of sp³-hybridized carbons (Fsp3) is 0.346. The van der Waals surface area contributed by atoms with Crippen LogP contribution < -0.4 is 10.3 Å². The molecule has 0 atom stereocenters. The molecule has 2 heterocycles. The highest BCUT2D eigenvalue weighted by atomic mass is 16.5. The number of carbonyl (C=O) groups excluding carboxylic acids is 2. The molecule has 0 bridgehead atoms. The largest absolute Gasteiger partial charge is 0.378 e. The van der Waals surface area contributed by atoms with E-state index in [4.69, 9.17) is 4.74 Å². The maximum Gasteiger partial charge on any atom is 0.271 e. The van der Waals surface area contributed by atoms with Crippen molar-refractivity contribution in [3.8, 4) is 0 Å². The summed E-state index contributed by atoms with van der Waals surface area (Å²) < 4.78 is 7.27. The standard InChI is InChI=1S/C26H31N5O3/c1-3-29(4-2)22-11-9-20(10-12-22)26(33)28-27-17-21-18-31(24-8-6-5-7-23(21)24)19-25(32)30-13-15-34-16-14-30/h5-12,17-18H,3-4,13-16,19H2,1-2H3,(H,28,33)/b27-17-. The van der Waals surface area contributed by atoms with Gasteiger partial charge in [0.15, 0.2) is 0 Å². The zero-order valence-corrected chi connectivity index (χ0v) is 19.7. The smallest absolute Gasteiger partial charge is 0.271 e. The first kappa shape index (κ1) is 23.5. The number of hydrogen-bond donors (Lipinski definition) is 1. The van der Waals surface area contributed by atoms with Gasteiger partial charge >= 0.3 is 0 Å². The van der Waals surface area contributed by atoms with Crippen LogP contribution in [-0.2, 0) is 16.1 Å². The van der Waals surface area contributed by atoms with Crippen LogP contribution in [0.15, 0.2) is 59.8 Å². The number of nitrogens with one attached hydrogen (secondary N) is 1. The Morgan fingerprint density at radius 2 is 1.76 bits per heavy atom. The highest BCUT2D eigenvalue weighted by molar-refractivity contribution is 6.01. The van der Waals surface area contributed by atoms with Crippen molar-refractivity contribution in [1.29, 1.82) is 0 Å². The van der Waals surface area contributed by atoms with Gasteiger partial charge in [-0.1, -0.05) is 18.2 Å². The van der Waals surface area contributed by atoms with Crippen LogP contribution in [0.5, 0.6) is 0 Å². The molecule has 1 aromatic heterocycles. The van der Waals surface area contributed by atoms with Crippen molar-refractivity contribution in [1.82, 2.24) is 14.9 Å². The lowest BCUT2D eigenvalue weighted by molar-refractivity contribution is -0.135. The van der Waals surface area contributed by atoms with E-state index in [9.17, 15) is 9.59 Å². The Morgan fingerprint density at radius 3 is 2.47 bits per heavy atom. The minimum absolute atomic E-state index is 0.0639. The summed E-state index contributed by atoms with van der Waals surface area (Å²) in [6, 6.07) is 15.4. The van der Waals surface area contributed by atoms with Crippen molar-refractivity contribution < 1.29 is 14.3 Å². The summed E-state index contributed by atoms with van der Waals surface area (Å²) in [7, 11) is 0. The molecule has 0 saturated carbocycles. The van der Waals surface area contributed by atoms with E-state index < -0.39 is 0 Å². The predicted octanol–water partition coefficient (Wildman–Crippen LogP) is 3.11. The second-order valence-corrected chi connectivity index (χ2v) is 8.14. The number of hydrazone groups is 1. The monoisotopic (exact) mass is 461 g/mol. The lowest BCUT2D eigenvalue weighted by Crippen LogP contribution is -2.42. The molecule has 0 aliphatic carbocycles. The van der Waals surface area contributed by atoms with Crippen molar-refractivity contribution in [2.75, 3.05) is 44.3 Å². The van der Waals surface area contributed by atoms with Gasteiger partial charge in [0.25, 0.3) is 5.91 Å². The van der Waals surface area contributed by atoms with Crippen LogP contribution in [0.25, 0.3) is 10.9 Å². The summed E-state index contributed by atoms with van der Waals surface area (Å²) in [5.74, 6) is -0.206. The molecule has 4 rings (SSSR count). The Morgan fingerprint density at radius 1 is 1.06 bits per heavy atom. The average molecular weight is 462 g/mol. The number of benzene rings is 2. The van der Waals surface area contributed by atoms with Crippen molar-refractivity contribution in [2.45, 2.75) is 20.4 Å². The fourth-order valence-electron chi connectivity index (χ4n) is 4.20. The third kappa shape index (κ3) is 5.28. The van der Waals surface area contributed by atoms with E-state index in [1.807, 2.05) is 64.2 Å². The topological polar surface area (TPSA) is 79.2 Å². The van der Waals surface area contributed by atoms with E-state index >= 15 is 0 Å². The summed E-state index contributed by atoms with van der Waals surface area (Å²) in [4.78, 5) is 29.3. The molecule has 1 saturated heterocycles. The highest BCUT2D eigenvalue weighted by Crippen LogP contribution is 2.20. The first-order valence-corrected chi connectivity index (χ1v) is 11.7. The van der Waals surface area contributed by atoms with Gasteiger partial charge in [0.05, 0.1) is 19.4 Å². The molecular weight excluding hydrogens is 430 g/mol. The minimum Gasteiger partial charge on any atom is -0.378 e. The summed E-state index contributed by atoms with van der Waals surface area (Å²) in [6.07, 6.45) is 3.53. The second-order valence-electron chi connectivity index (χ2n) is 8.14. The molecule has 8 nitrogen and oxygen atoms in total.